The van der Waals surface area contributed by atoms with Gasteiger partial charge in [0.15, 0.2) is 11.6 Å². The van der Waals surface area contributed by atoms with Crippen molar-refractivity contribution < 1.29 is 9.42 Å². The normalized spacial score (nSPS) is 22.2. The van der Waals surface area contributed by atoms with Crippen LogP contribution in [0.2, 0.25) is 0 Å². The molecule has 4 rings (SSSR count). The molecule has 0 spiro atoms. The number of nitrogens with one attached hydrogen (secondary N) is 1. The zero-order valence-corrected chi connectivity index (χ0v) is 14.6. The van der Waals surface area contributed by atoms with Crippen molar-refractivity contribution in [2.75, 3.05) is 29.9 Å². The highest BCUT2D eigenvalue weighted by Crippen LogP contribution is 2.30. The van der Waals surface area contributed by atoms with E-state index in [2.05, 4.69) is 25.6 Å². The van der Waals surface area contributed by atoms with Crippen molar-refractivity contribution in [3.8, 4) is 0 Å². The minimum absolute atomic E-state index is 0.112. The Balaban J connectivity index is 1.70. The van der Waals surface area contributed by atoms with Gasteiger partial charge in [0.25, 0.3) is 0 Å². The molecule has 1 saturated carbocycles. The van der Waals surface area contributed by atoms with Crippen molar-refractivity contribution in [2.45, 2.75) is 51.6 Å². The molecule has 0 unspecified atom stereocenters. The average molecular weight is 345 g/mol. The molecule has 1 aliphatic carbocycles. The molecule has 3 heterocycles. The van der Waals surface area contributed by atoms with E-state index in [1.165, 1.54) is 12.8 Å². The summed E-state index contributed by atoms with van der Waals surface area (Å²) in [6, 6.07) is 0.0951. The lowest BCUT2D eigenvalue weighted by atomic mass is 10.1. The van der Waals surface area contributed by atoms with Crippen molar-refractivity contribution in [3.05, 3.63) is 0 Å². The number of hydrogen-bond acceptors (Lipinski definition) is 8. The van der Waals surface area contributed by atoms with Crippen LogP contribution in [-0.2, 0) is 4.79 Å². The Bertz CT molecular complexity index is 771. The number of carbonyl (C=O) groups is 1. The number of rotatable bonds is 4. The van der Waals surface area contributed by atoms with Gasteiger partial charge in [-0.2, -0.15) is 0 Å². The first-order chi connectivity index (χ1) is 12.2. The van der Waals surface area contributed by atoms with Gasteiger partial charge in [-0.15, -0.1) is 0 Å². The fraction of sp³-hybridized carbons (Fsp3) is 0.688. The van der Waals surface area contributed by atoms with Crippen LogP contribution in [0.3, 0.4) is 0 Å². The molecular weight excluding hydrogens is 322 g/mol. The Morgan fingerprint density at radius 2 is 1.88 bits per heavy atom. The number of anilines is 2. The van der Waals surface area contributed by atoms with Gasteiger partial charge in [0.1, 0.15) is 6.04 Å². The summed E-state index contributed by atoms with van der Waals surface area (Å²) in [5, 5.41) is 11.1. The summed E-state index contributed by atoms with van der Waals surface area (Å²) in [5.41, 5.74) is 0.750. The van der Waals surface area contributed by atoms with Crippen molar-refractivity contribution in [1.29, 1.82) is 0 Å². The summed E-state index contributed by atoms with van der Waals surface area (Å²) in [6.45, 7) is 6.03. The van der Waals surface area contributed by atoms with Crippen LogP contribution in [0.15, 0.2) is 4.63 Å². The van der Waals surface area contributed by atoms with E-state index >= 15 is 0 Å². The van der Waals surface area contributed by atoms with Gasteiger partial charge in [0, 0.05) is 25.7 Å². The van der Waals surface area contributed by atoms with Crippen LogP contribution in [-0.4, -0.2) is 62.8 Å². The van der Waals surface area contributed by atoms with Crippen LogP contribution >= 0.6 is 0 Å². The van der Waals surface area contributed by atoms with E-state index in [-0.39, 0.29) is 11.9 Å². The quantitative estimate of drug-likeness (QED) is 0.888. The number of likely N-dealkylation sites (N-methyl/N-ethyl adjacent to an activating group) is 1. The second kappa shape index (κ2) is 6.45. The molecule has 25 heavy (non-hydrogen) atoms. The van der Waals surface area contributed by atoms with Crippen LogP contribution in [0.4, 0.5) is 11.6 Å². The Labute approximate surface area is 145 Å². The Morgan fingerprint density at radius 3 is 2.60 bits per heavy atom. The number of carbonyl (C=O) groups excluding carboxylic acids is 1. The molecular formula is C16H23N7O2. The SMILES string of the molecule is CCN1CCN(c2nc3nonc3nc2NC2CCCC2)[C@@H](C)C1=O. The second-order valence-corrected chi connectivity index (χ2v) is 6.72. The summed E-state index contributed by atoms with van der Waals surface area (Å²) in [4.78, 5) is 25.6. The van der Waals surface area contributed by atoms with E-state index in [1.54, 1.807) is 0 Å². The molecule has 2 aromatic rings. The molecule has 0 bridgehead atoms. The van der Waals surface area contributed by atoms with Crippen LogP contribution < -0.4 is 10.2 Å². The maximum absolute atomic E-state index is 12.6. The molecule has 0 aromatic carbocycles. The predicted molar refractivity (Wildman–Crippen MR) is 92.3 cm³/mol. The second-order valence-electron chi connectivity index (χ2n) is 6.72. The molecule has 1 amide bonds. The van der Waals surface area contributed by atoms with Crippen LogP contribution in [0.1, 0.15) is 39.5 Å². The molecule has 1 atom stereocenters. The molecule has 1 saturated heterocycles. The molecule has 9 heteroatoms. The summed E-state index contributed by atoms with van der Waals surface area (Å²) in [5.74, 6) is 1.44. The molecule has 2 aliphatic rings. The van der Waals surface area contributed by atoms with Gasteiger partial charge < -0.3 is 15.1 Å². The molecule has 1 N–H and O–H groups in total. The topological polar surface area (TPSA) is 100 Å². The van der Waals surface area contributed by atoms with Gasteiger partial charge in [0.05, 0.1) is 0 Å². The highest BCUT2D eigenvalue weighted by atomic mass is 16.6. The van der Waals surface area contributed by atoms with E-state index < -0.39 is 0 Å². The number of hydrogen-bond donors (Lipinski definition) is 1. The molecule has 2 fully saturated rings. The zero-order chi connectivity index (χ0) is 17.4. The van der Waals surface area contributed by atoms with Gasteiger partial charge in [0.2, 0.25) is 17.2 Å². The summed E-state index contributed by atoms with van der Waals surface area (Å²) < 4.78 is 4.77. The number of nitrogens with zero attached hydrogens (tertiary/aromatic N) is 6. The first-order valence-corrected chi connectivity index (χ1v) is 8.99. The first-order valence-electron chi connectivity index (χ1n) is 8.99. The van der Waals surface area contributed by atoms with Crippen molar-refractivity contribution in [1.82, 2.24) is 25.2 Å². The van der Waals surface area contributed by atoms with Crippen molar-refractivity contribution in [2.24, 2.45) is 0 Å². The maximum Gasteiger partial charge on any atom is 0.245 e. The van der Waals surface area contributed by atoms with Crippen molar-refractivity contribution >= 4 is 28.8 Å². The predicted octanol–water partition coefficient (Wildman–Crippen LogP) is 1.42. The average Bonchev–Trinajstić information content (AvgIpc) is 3.28. The lowest BCUT2D eigenvalue weighted by molar-refractivity contribution is -0.133. The molecule has 9 nitrogen and oxygen atoms in total. The largest absolute Gasteiger partial charge is 0.364 e. The van der Waals surface area contributed by atoms with E-state index in [9.17, 15) is 4.79 Å². The third kappa shape index (κ3) is 2.87. The van der Waals surface area contributed by atoms with E-state index in [1.807, 2.05) is 23.6 Å². The van der Waals surface area contributed by atoms with E-state index in [0.717, 1.165) is 19.4 Å². The van der Waals surface area contributed by atoms with Crippen LogP contribution in [0.25, 0.3) is 11.3 Å². The highest BCUT2D eigenvalue weighted by molar-refractivity contribution is 5.87. The fourth-order valence-electron chi connectivity index (χ4n) is 3.72. The minimum Gasteiger partial charge on any atom is -0.364 e. The third-order valence-corrected chi connectivity index (χ3v) is 5.19. The van der Waals surface area contributed by atoms with Crippen molar-refractivity contribution in [3.63, 3.8) is 0 Å². The highest BCUT2D eigenvalue weighted by Gasteiger charge is 2.34. The maximum atomic E-state index is 12.6. The zero-order valence-electron chi connectivity index (χ0n) is 14.6. The van der Waals surface area contributed by atoms with Crippen LogP contribution in [0, 0.1) is 0 Å². The van der Waals surface area contributed by atoms with Gasteiger partial charge >= 0.3 is 0 Å². The Hall–Kier alpha value is -2.45. The number of amides is 1. The molecule has 2 aromatic heterocycles. The molecule has 134 valence electrons. The summed E-state index contributed by atoms with van der Waals surface area (Å²) in [7, 11) is 0. The summed E-state index contributed by atoms with van der Waals surface area (Å²) >= 11 is 0. The number of aromatic nitrogens is 4. The van der Waals surface area contributed by atoms with E-state index in [4.69, 9.17) is 4.63 Å². The van der Waals surface area contributed by atoms with E-state index in [0.29, 0.717) is 42.1 Å². The Morgan fingerprint density at radius 1 is 1.16 bits per heavy atom. The molecule has 0 radical (unpaired) electrons. The minimum atomic E-state index is -0.288. The number of fused-ring (bicyclic) bond motifs is 1. The lowest BCUT2D eigenvalue weighted by Gasteiger charge is -2.39. The Kier molecular flexibility index (Phi) is 4.14. The van der Waals surface area contributed by atoms with Gasteiger partial charge in [-0.3, -0.25) is 4.79 Å². The standard InChI is InChI=1S/C16H23N7O2/c1-3-22-8-9-23(10(2)16(22)24)15-14(17-11-6-4-5-7-11)18-12-13(19-15)21-25-20-12/h10-11H,3-9H2,1-2H3,(H,17,18,20)/t10-/m0/s1. The molecule has 1 aliphatic heterocycles. The van der Waals surface area contributed by atoms with Gasteiger partial charge in [-0.1, -0.05) is 12.8 Å². The monoisotopic (exact) mass is 345 g/mol. The first kappa shape index (κ1) is 16.0. The summed E-state index contributed by atoms with van der Waals surface area (Å²) in [6.07, 6.45) is 4.68. The number of piperazine rings is 1. The van der Waals surface area contributed by atoms with Gasteiger partial charge in [-0.25, -0.2) is 14.6 Å². The smallest absolute Gasteiger partial charge is 0.245 e. The van der Waals surface area contributed by atoms with Crippen LogP contribution in [0.5, 0.6) is 0 Å². The lowest BCUT2D eigenvalue weighted by Crippen LogP contribution is -2.56. The van der Waals surface area contributed by atoms with Gasteiger partial charge in [-0.05, 0) is 37.0 Å². The third-order valence-electron chi connectivity index (χ3n) is 5.19. The fourth-order valence-corrected chi connectivity index (χ4v) is 3.72.